The second-order valence-corrected chi connectivity index (χ2v) is 7.21. The number of halogens is 1. The van der Waals surface area contributed by atoms with Crippen molar-refractivity contribution in [1.29, 1.82) is 0 Å². The minimum Gasteiger partial charge on any atom is -0.393 e. The number of aliphatic hydroxyl groups is 1. The molecular formula is C18H18BrN5O2. The van der Waals surface area contributed by atoms with Crippen LogP contribution in [-0.2, 0) is 0 Å². The molecular weight excluding hydrogens is 398 g/mol. The molecule has 0 bridgehead atoms. The number of nitrogens with zero attached hydrogens (tertiary/aromatic N) is 3. The van der Waals surface area contributed by atoms with Gasteiger partial charge in [-0.2, -0.15) is 4.98 Å². The van der Waals surface area contributed by atoms with Crippen LogP contribution < -0.4 is 15.8 Å². The summed E-state index contributed by atoms with van der Waals surface area (Å²) in [7, 11) is 0. The second kappa shape index (κ2) is 7.05. The van der Waals surface area contributed by atoms with Gasteiger partial charge in [0.15, 0.2) is 0 Å². The predicted octanol–water partition coefficient (Wildman–Crippen LogP) is 2.79. The first-order chi connectivity index (χ1) is 12.6. The van der Waals surface area contributed by atoms with Crippen molar-refractivity contribution in [3.8, 4) is 0 Å². The maximum absolute atomic E-state index is 12.3. The van der Waals surface area contributed by atoms with Gasteiger partial charge in [0.1, 0.15) is 11.2 Å². The van der Waals surface area contributed by atoms with Crippen LogP contribution in [0.15, 0.2) is 45.8 Å². The molecule has 7 nitrogen and oxygen atoms in total. The van der Waals surface area contributed by atoms with Crippen LogP contribution >= 0.6 is 15.9 Å². The van der Waals surface area contributed by atoms with Crippen LogP contribution in [0.25, 0.3) is 10.9 Å². The van der Waals surface area contributed by atoms with Crippen LogP contribution in [-0.4, -0.2) is 39.3 Å². The smallest absolute Gasteiger partial charge is 0.261 e. The van der Waals surface area contributed by atoms with Gasteiger partial charge in [-0.3, -0.25) is 4.79 Å². The largest absolute Gasteiger partial charge is 0.393 e. The van der Waals surface area contributed by atoms with E-state index in [1.54, 1.807) is 12.3 Å². The Hall–Kier alpha value is -2.45. The molecule has 8 heteroatoms. The van der Waals surface area contributed by atoms with Gasteiger partial charge in [0.05, 0.1) is 11.6 Å². The molecule has 1 aliphatic rings. The number of anilines is 3. The van der Waals surface area contributed by atoms with E-state index in [1.807, 2.05) is 29.2 Å². The number of rotatable bonds is 3. The number of pyridine rings is 1. The molecule has 134 valence electrons. The number of aromatic nitrogens is 3. The predicted molar refractivity (Wildman–Crippen MR) is 105 cm³/mol. The van der Waals surface area contributed by atoms with E-state index in [0.29, 0.717) is 48.6 Å². The zero-order valence-corrected chi connectivity index (χ0v) is 15.5. The Labute approximate surface area is 158 Å². The number of nitrogens with one attached hydrogen (secondary N) is 2. The number of fused-ring (bicyclic) bond motifs is 1. The highest BCUT2D eigenvalue weighted by molar-refractivity contribution is 9.10. The van der Waals surface area contributed by atoms with Crippen LogP contribution in [0.5, 0.6) is 0 Å². The maximum Gasteiger partial charge on any atom is 0.261 e. The number of hydrogen-bond donors (Lipinski definition) is 3. The van der Waals surface area contributed by atoms with E-state index < -0.39 is 0 Å². The van der Waals surface area contributed by atoms with Gasteiger partial charge in [-0.05, 0) is 43.2 Å². The van der Waals surface area contributed by atoms with E-state index in [-0.39, 0.29) is 11.7 Å². The van der Waals surface area contributed by atoms with E-state index in [1.165, 1.54) is 0 Å². The maximum atomic E-state index is 12.3. The average molecular weight is 416 g/mol. The molecule has 2 aromatic heterocycles. The third kappa shape index (κ3) is 3.42. The number of benzene rings is 1. The first-order valence-corrected chi connectivity index (χ1v) is 9.24. The third-order valence-electron chi connectivity index (χ3n) is 4.46. The van der Waals surface area contributed by atoms with Gasteiger partial charge in [-0.25, -0.2) is 4.98 Å². The van der Waals surface area contributed by atoms with Crippen LogP contribution in [0.4, 0.5) is 17.5 Å². The lowest BCUT2D eigenvalue weighted by Crippen LogP contribution is -2.37. The first-order valence-electron chi connectivity index (χ1n) is 8.45. The molecule has 0 amide bonds. The van der Waals surface area contributed by atoms with Crippen molar-refractivity contribution in [2.45, 2.75) is 18.9 Å². The van der Waals surface area contributed by atoms with Gasteiger partial charge < -0.3 is 20.3 Å². The Bertz CT molecular complexity index is 981. The summed E-state index contributed by atoms with van der Waals surface area (Å²) < 4.78 is 0.973. The summed E-state index contributed by atoms with van der Waals surface area (Å²) >= 11 is 3.42. The molecule has 3 heterocycles. The number of aromatic amines is 1. The molecule has 0 saturated carbocycles. The lowest BCUT2D eigenvalue weighted by molar-refractivity contribution is 0.145. The molecule has 0 atom stereocenters. The monoisotopic (exact) mass is 415 g/mol. The Morgan fingerprint density at radius 2 is 1.88 bits per heavy atom. The van der Waals surface area contributed by atoms with Crippen LogP contribution in [0.3, 0.4) is 0 Å². The van der Waals surface area contributed by atoms with E-state index in [0.717, 1.165) is 10.2 Å². The zero-order valence-electron chi connectivity index (χ0n) is 13.9. The first kappa shape index (κ1) is 17.0. The van der Waals surface area contributed by atoms with E-state index in [2.05, 4.69) is 36.2 Å². The summed E-state index contributed by atoms with van der Waals surface area (Å²) in [6.45, 7) is 1.38. The van der Waals surface area contributed by atoms with Crippen molar-refractivity contribution in [3.05, 3.63) is 51.4 Å². The van der Waals surface area contributed by atoms with Crippen molar-refractivity contribution in [2.75, 3.05) is 23.3 Å². The fourth-order valence-electron chi connectivity index (χ4n) is 3.05. The quantitative estimate of drug-likeness (QED) is 0.608. The van der Waals surface area contributed by atoms with Crippen LogP contribution in [0.1, 0.15) is 12.8 Å². The standard InChI is InChI=1S/C18H18BrN5O2/c19-11-1-3-12(4-2-11)21-16-15-14(5-8-20-17(15)26)22-18(23-16)24-9-6-13(25)7-10-24/h1-5,8,13,25H,6-7,9-10H2,(H,20,26)(H,21,22,23). The SMILES string of the molecule is O=c1[nH]ccc2nc(N3CCC(O)CC3)nc(Nc3ccc(Br)cc3)c12. The minimum absolute atomic E-state index is 0.234. The molecule has 4 rings (SSSR count). The molecule has 0 spiro atoms. The molecule has 1 fully saturated rings. The third-order valence-corrected chi connectivity index (χ3v) is 4.99. The molecule has 26 heavy (non-hydrogen) atoms. The topological polar surface area (TPSA) is 94.1 Å². The fraction of sp³-hybridized carbons (Fsp3) is 0.278. The van der Waals surface area contributed by atoms with Gasteiger partial charge in [0, 0.05) is 29.4 Å². The van der Waals surface area contributed by atoms with Crippen LogP contribution in [0, 0.1) is 0 Å². The van der Waals surface area contributed by atoms with E-state index >= 15 is 0 Å². The van der Waals surface area contributed by atoms with Gasteiger partial charge in [-0.1, -0.05) is 15.9 Å². The van der Waals surface area contributed by atoms with E-state index in [9.17, 15) is 9.90 Å². The summed E-state index contributed by atoms with van der Waals surface area (Å²) in [6.07, 6.45) is 2.69. The summed E-state index contributed by atoms with van der Waals surface area (Å²) in [4.78, 5) is 26.3. The Morgan fingerprint density at radius 3 is 2.62 bits per heavy atom. The van der Waals surface area contributed by atoms with Gasteiger partial charge >= 0.3 is 0 Å². The normalized spacial score (nSPS) is 15.4. The fourth-order valence-corrected chi connectivity index (χ4v) is 3.31. The highest BCUT2D eigenvalue weighted by Gasteiger charge is 2.21. The highest BCUT2D eigenvalue weighted by atomic mass is 79.9. The number of hydrogen-bond acceptors (Lipinski definition) is 6. The van der Waals surface area contributed by atoms with Gasteiger partial charge in [-0.15, -0.1) is 0 Å². The number of aliphatic hydroxyl groups excluding tert-OH is 1. The second-order valence-electron chi connectivity index (χ2n) is 6.29. The Balaban J connectivity index is 1.78. The minimum atomic E-state index is -0.269. The summed E-state index contributed by atoms with van der Waals surface area (Å²) in [6, 6.07) is 9.43. The lowest BCUT2D eigenvalue weighted by atomic mass is 10.1. The number of piperidine rings is 1. The molecule has 1 aromatic carbocycles. The van der Waals surface area contributed by atoms with Crippen molar-refractivity contribution in [2.24, 2.45) is 0 Å². The Morgan fingerprint density at radius 1 is 1.15 bits per heavy atom. The Kier molecular flexibility index (Phi) is 4.60. The number of H-pyrrole nitrogens is 1. The molecule has 3 N–H and O–H groups in total. The average Bonchev–Trinajstić information content (AvgIpc) is 2.64. The summed E-state index contributed by atoms with van der Waals surface area (Å²) in [5.74, 6) is 1.04. The van der Waals surface area contributed by atoms with Crippen molar-refractivity contribution >= 4 is 44.3 Å². The summed E-state index contributed by atoms with van der Waals surface area (Å²) in [5, 5.41) is 13.4. The highest BCUT2D eigenvalue weighted by Crippen LogP contribution is 2.26. The van der Waals surface area contributed by atoms with Crippen LogP contribution in [0.2, 0.25) is 0 Å². The van der Waals surface area contributed by atoms with E-state index in [4.69, 9.17) is 0 Å². The van der Waals surface area contributed by atoms with Crippen molar-refractivity contribution in [3.63, 3.8) is 0 Å². The molecule has 1 saturated heterocycles. The van der Waals surface area contributed by atoms with Gasteiger partial charge in [0.2, 0.25) is 5.95 Å². The molecule has 1 aliphatic heterocycles. The van der Waals surface area contributed by atoms with Gasteiger partial charge in [0.25, 0.3) is 5.56 Å². The molecule has 3 aromatic rings. The molecule has 0 unspecified atom stereocenters. The van der Waals surface area contributed by atoms with Crippen molar-refractivity contribution < 1.29 is 5.11 Å². The molecule has 0 radical (unpaired) electrons. The lowest BCUT2D eigenvalue weighted by Gasteiger charge is -2.29. The van der Waals surface area contributed by atoms with Crippen molar-refractivity contribution in [1.82, 2.24) is 15.0 Å². The zero-order chi connectivity index (χ0) is 18.1. The molecule has 0 aliphatic carbocycles. The summed E-state index contributed by atoms with van der Waals surface area (Å²) in [5.41, 5.74) is 1.18.